The summed E-state index contributed by atoms with van der Waals surface area (Å²) in [5, 5.41) is 4.23. The molecule has 0 amide bonds. The summed E-state index contributed by atoms with van der Waals surface area (Å²) in [5.41, 5.74) is 2.12. The minimum Gasteiger partial charge on any atom is -0.290 e. The number of aromatic nitrogens is 5. The molecule has 3 heterocycles. The van der Waals surface area contributed by atoms with Crippen LogP contribution in [0, 0.1) is 0 Å². The van der Waals surface area contributed by atoms with Crippen molar-refractivity contribution in [2.75, 3.05) is 0 Å². The molecule has 0 aliphatic heterocycles. The second-order valence-electron chi connectivity index (χ2n) is 4.54. The summed E-state index contributed by atoms with van der Waals surface area (Å²) >= 11 is 0. The Bertz CT molecular complexity index is 753. The summed E-state index contributed by atoms with van der Waals surface area (Å²) in [6.45, 7) is 4.08. The Morgan fingerprint density at radius 1 is 1.42 bits per heavy atom. The third-order valence-electron chi connectivity index (χ3n) is 3.37. The van der Waals surface area contributed by atoms with Gasteiger partial charge in [0.15, 0.2) is 5.65 Å². The predicted molar refractivity (Wildman–Crippen MR) is 72.5 cm³/mol. The fourth-order valence-corrected chi connectivity index (χ4v) is 2.24. The fraction of sp³-hybridized carbons (Fsp3) is 0.308. The van der Waals surface area contributed by atoms with Gasteiger partial charge in [0.25, 0.3) is 0 Å². The number of fused-ring (bicyclic) bond motifs is 1. The first kappa shape index (κ1) is 11.7. The van der Waals surface area contributed by atoms with Crippen molar-refractivity contribution in [2.24, 2.45) is 0 Å². The van der Waals surface area contributed by atoms with Crippen LogP contribution in [-0.4, -0.2) is 24.3 Å². The van der Waals surface area contributed by atoms with Crippen molar-refractivity contribution in [2.45, 2.75) is 26.3 Å². The normalized spacial score (nSPS) is 12.9. The van der Waals surface area contributed by atoms with E-state index in [1.54, 1.807) is 21.6 Å². The van der Waals surface area contributed by atoms with Crippen molar-refractivity contribution >= 4 is 11.2 Å². The Kier molecular flexibility index (Phi) is 2.70. The zero-order chi connectivity index (χ0) is 13.4. The molecule has 0 fully saturated rings. The van der Waals surface area contributed by atoms with E-state index in [-0.39, 0.29) is 11.7 Å². The van der Waals surface area contributed by atoms with Gasteiger partial charge in [0.05, 0.1) is 5.69 Å². The van der Waals surface area contributed by atoms with Crippen molar-refractivity contribution in [3.63, 3.8) is 0 Å². The Morgan fingerprint density at radius 2 is 2.26 bits per heavy atom. The number of aromatic amines is 1. The lowest BCUT2D eigenvalue weighted by Gasteiger charge is -2.12. The largest absolute Gasteiger partial charge is 0.327 e. The van der Waals surface area contributed by atoms with Crippen molar-refractivity contribution in [1.82, 2.24) is 24.3 Å². The summed E-state index contributed by atoms with van der Waals surface area (Å²) in [6, 6.07) is 3.83. The zero-order valence-electron chi connectivity index (χ0n) is 10.9. The lowest BCUT2D eigenvalue weighted by atomic mass is 10.2. The van der Waals surface area contributed by atoms with Gasteiger partial charge < -0.3 is 0 Å². The van der Waals surface area contributed by atoms with Gasteiger partial charge in [-0.05, 0) is 25.5 Å². The zero-order valence-corrected chi connectivity index (χ0v) is 10.9. The van der Waals surface area contributed by atoms with E-state index in [0.29, 0.717) is 5.65 Å². The van der Waals surface area contributed by atoms with Crippen LogP contribution in [0.4, 0.5) is 0 Å². The predicted octanol–water partition coefficient (Wildman–Crippen LogP) is 1.88. The van der Waals surface area contributed by atoms with Gasteiger partial charge in [-0.15, -0.1) is 0 Å². The van der Waals surface area contributed by atoms with Gasteiger partial charge in [-0.1, -0.05) is 6.92 Å². The number of pyridine rings is 1. The molecule has 6 heteroatoms. The van der Waals surface area contributed by atoms with Gasteiger partial charge in [-0.25, -0.2) is 14.5 Å². The molecule has 0 aliphatic rings. The molecule has 0 aromatic carbocycles. The quantitative estimate of drug-likeness (QED) is 0.779. The topological polar surface area (TPSA) is 68.5 Å². The van der Waals surface area contributed by atoms with Gasteiger partial charge in [-0.3, -0.25) is 9.55 Å². The van der Waals surface area contributed by atoms with Gasteiger partial charge in [0.1, 0.15) is 5.52 Å². The standard InChI is InChI=1S/C13H15N5O/c1-3-9(2)18-11-10(17-8-4-6-15-17)5-7-14-12(11)16-13(18)19/h4-9H,3H2,1-2H3,(H,14,16,19)/t9-/m1/s1. The van der Waals surface area contributed by atoms with E-state index in [1.165, 1.54) is 0 Å². The summed E-state index contributed by atoms with van der Waals surface area (Å²) in [4.78, 5) is 19.1. The molecule has 19 heavy (non-hydrogen) atoms. The van der Waals surface area contributed by atoms with Crippen molar-refractivity contribution in [1.29, 1.82) is 0 Å². The van der Waals surface area contributed by atoms with Crippen LogP contribution in [0.1, 0.15) is 26.3 Å². The number of H-pyrrole nitrogens is 1. The Labute approximate surface area is 109 Å². The maximum atomic E-state index is 12.1. The average Bonchev–Trinajstić information content (AvgIpc) is 3.03. The average molecular weight is 257 g/mol. The number of nitrogens with zero attached hydrogens (tertiary/aromatic N) is 4. The molecule has 3 rings (SSSR count). The molecule has 1 atom stereocenters. The molecule has 1 N–H and O–H groups in total. The van der Waals surface area contributed by atoms with Crippen molar-refractivity contribution in [3.8, 4) is 5.69 Å². The Hall–Kier alpha value is -2.37. The lowest BCUT2D eigenvalue weighted by Crippen LogP contribution is -2.20. The first-order valence-corrected chi connectivity index (χ1v) is 6.31. The van der Waals surface area contributed by atoms with Crippen LogP contribution in [0.5, 0.6) is 0 Å². The van der Waals surface area contributed by atoms with Crippen molar-refractivity contribution in [3.05, 3.63) is 41.2 Å². The number of hydrogen-bond acceptors (Lipinski definition) is 3. The minimum absolute atomic E-state index is 0.111. The van der Waals surface area contributed by atoms with E-state index in [0.717, 1.165) is 17.6 Å². The molecule has 0 unspecified atom stereocenters. The van der Waals surface area contributed by atoms with Crippen LogP contribution in [0.2, 0.25) is 0 Å². The van der Waals surface area contributed by atoms with Crippen LogP contribution >= 0.6 is 0 Å². The first-order chi connectivity index (χ1) is 9.22. The van der Waals surface area contributed by atoms with Crippen LogP contribution in [0.15, 0.2) is 35.5 Å². The third kappa shape index (κ3) is 1.76. The number of imidazole rings is 1. The smallest absolute Gasteiger partial charge is 0.290 e. The summed E-state index contributed by atoms with van der Waals surface area (Å²) < 4.78 is 3.50. The molecular weight excluding hydrogens is 242 g/mol. The molecular formula is C13H15N5O. The molecule has 0 saturated heterocycles. The first-order valence-electron chi connectivity index (χ1n) is 6.31. The number of nitrogens with one attached hydrogen (secondary N) is 1. The summed E-state index contributed by atoms with van der Waals surface area (Å²) in [6.07, 6.45) is 6.12. The van der Waals surface area contributed by atoms with Crippen LogP contribution in [0.25, 0.3) is 16.9 Å². The summed E-state index contributed by atoms with van der Waals surface area (Å²) in [7, 11) is 0. The molecule has 0 spiro atoms. The minimum atomic E-state index is -0.128. The maximum Gasteiger partial charge on any atom is 0.327 e. The number of rotatable bonds is 3. The molecule has 0 radical (unpaired) electrons. The molecule has 6 nitrogen and oxygen atoms in total. The lowest BCUT2D eigenvalue weighted by molar-refractivity contribution is 0.529. The van der Waals surface area contributed by atoms with Gasteiger partial charge in [0, 0.05) is 24.6 Å². The van der Waals surface area contributed by atoms with Crippen molar-refractivity contribution < 1.29 is 0 Å². The van der Waals surface area contributed by atoms with Gasteiger partial charge in [0.2, 0.25) is 0 Å². The van der Waals surface area contributed by atoms with Gasteiger partial charge in [-0.2, -0.15) is 5.10 Å². The van der Waals surface area contributed by atoms with E-state index in [2.05, 4.69) is 22.0 Å². The highest BCUT2D eigenvalue weighted by atomic mass is 16.1. The van der Waals surface area contributed by atoms with E-state index in [4.69, 9.17) is 0 Å². The van der Waals surface area contributed by atoms with E-state index < -0.39 is 0 Å². The van der Waals surface area contributed by atoms with E-state index in [1.807, 2.05) is 25.3 Å². The molecule has 0 aliphatic carbocycles. The second kappa shape index (κ2) is 4.38. The number of hydrogen-bond donors (Lipinski definition) is 1. The highest BCUT2D eigenvalue weighted by Gasteiger charge is 2.16. The van der Waals surface area contributed by atoms with Crippen LogP contribution in [0.3, 0.4) is 0 Å². The van der Waals surface area contributed by atoms with Crippen LogP contribution < -0.4 is 5.69 Å². The second-order valence-corrected chi connectivity index (χ2v) is 4.54. The summed E-state index contributed by atoms with van der Waals surface area (Å²) in [5.74, 6) is 0. The van der Waals surface area contributed by atoms with Gasteiger partial charge >= 0.3 is 5.69 Å². The molecule has 98 valence electrons. The maximum absolute atomic E-state index is 12.1. The highest BCUT2D eigenvalue weighted by molar-refractivity contribution is 5.80. The molecule has 0 saturated carbocycles. The SMILES string of the molecule is CC[C@@H](C)n1c(=O)[nH]c2nccc(-n3cccn3)c21. The Morgan fingerprint density at radius 3 is 2.95 bits per heavy atom. The van der Waals surface area contributed by atoms with E-state index >= 15 is 0 Å². The molecule has 3 aromatic rings. The molecule has 3 aromatic heterocycles. The third-order valence-corrected chi connectivity index (χ3v) is 3.37. The van der Waals surface area contributed by atoms with Crippen LogP contribution in [-0.2, 0) is 0 Å². The van der Waals surface area contributed by atoms with E-state index in [9.17, 15) is 4.79 Å². The Balaban J connectivity index is 2.38. The monoisotopic (exact) mass is 257 g/mol. The molecule has 0 bridgehead atoms. The fourth-order valence-electron chi connectivity index (χ4n) is 2.24. The highest BCUT2D eigenvalue weighted by Crippen LogP contribution is 2.21.